The number of imidazole rings is 1. The molecule has 0 aromatic carbocycles. The molecule has 0 atom stereocenters. The molecule has 102 valence electrons. The van der Waals surface area contributed by atoms with Gasteiger partial charge < -0.3 is 9.47 Å². The van der Waals surface area contributed by atoms with Gasteiger partial charge in [-0.25, -0.2) is 9.97 Å². The van der Waals surface area contributed by atoms with Crippen molar-refractivity contribution in [2.75, 3.05) is 26.0 Å². The smallest absolute Gasteiger partial charge is 0.160 e. The van der Waals surface area contributed by atoms with Crippen LogP contribution in [0.3, 0.4) is 0 Å². The zero-order chi connectivity index (χ0) is 13.2. The fourth-order valence-corrected chi connectivity index (χ4v) is 3.04. The van der Waals surface area contributed by atoms with Gasteiger partial charge in [0.15, 0.2) is 5.65 Å². The summed E-state index contributed by atoms with van der Waals surface area (Å²) in [6.07, 6.45) is 4.98. The molecule has 0 spiro atoms. The van der Waals surface area contributed by atoms with Crippen LogP contribution < -0.4 is 0 Å². The highest BCUT2D eigenvalue weighted by molar-refractivity contribution is 6.17. The normalized spacial score (nSPS) is 18.2. The lowest BCUT2D eigenvalue weighted by Gasteiger charge is -2.30. The van der Waals surface area contributed by atoms with Crippen molar-refractivity contribution in [2.24, 2.45) is 0 Å². The lowest BCUT2D eigenvalue weighted by Crippen LogP contribution is -2.32. The minimum atomic E-state index is 0.509. The van der Waals surface area contributed by atoms with Gasteiger partial charge in [0.2, 0.25) is 0 Å². The predicted octanol–water partition coefficient (Wildman–Crippen LogP) is 2.48. The fourth-order valence-electron chi connectivity index (χ4n) is 2.87. The Kier molecular flexibility index (Phi) is 3.71. The monoisotopic (exact) mass is 278 g/mol. The lowest BCUT2D eigenvalue weighted by molar-refractivity contribution is 0.221. The van der Waals surface area contributed by atoms with E-state index in [0.29, 0.717) is 11.9 Å². The minimum absolute atomic E-state index is 0.509. The average Bonchev–Trinajstić information content (AvgIpc) is 2.78. The van der Waals surface area contributed by atoms with E-state index in [0.717, 1.165) is 49.3 Å². The molecule has 19 heavy (non-hydrogen) atoms. The molecule has 1 fully saturated rings. The number of nitrogens with zero attached hydrogens (tertiary/aromatic N) is 4. The topological polar surface area (TPSA) is 34.0 Å². The Hall–Kier alpha value is -1.13. The molecule has 0 aliphatic carbocycles. The summed E-state index contributed by atoms with van der Waals surface area (Å²) in [6.45, 7) is 2.27. The third-order valence-corrected chi connectivity index (χ3v) is 4.08. The van der Waals surface area contributed by atoms with Crippen LogP contribution in [0.2, 0.25) is 0 Å². The number of aromatic nitrogens is 3. The predicted molar refractivity (Wildman–Crippen MR) is 77.7 cm³/mol. The van der Waals surface area contributed by atoms with Gasteiger partial charge in [-0.3, -0.25) is 0 Å². The van der Waals surface area contributed by atoms with Crippen molar-refractivity contribution < 1.29 is 0 Å². The molecule has 2 aromatic heterocycles. The van der Waals surface area contributed by atoms with Crippen molar-refractivity contribution in [1.82, 2.24) is 19.4 Å². The number of fused-ring (bicyclic) bond motifs is 1. The zero-order valence-electron chi connectivity index (χ0n) is 11.2. The molecule has 4 nitrogen and oxygen atoms in total. The van der Waals surface area contributed by atoms with E-state index in [2.05, 4.69) is 21.5 Å². The van der Waals surface area contributed by atoms with Crippen LogP contribution in [0.25, 0.3) is 11.2 Å². The molecule has 3 rings (SSSR count). The van der Waals surface area contributed by atoms with E-state index < -0.39 is 0 Å². The molecular weight excluding hydrogens is 260 g/mol. The van der Waals surface area contributed by atoms with Crippen LogP contribution in [0.15, 0.2) is 18.3 Å². The lowest BCUT2D eigenvalue weighted by atomic mass is 10.1. The molecule has 0 radical (unpaired) electrons. The maximum Gasteiger partial charge on any atom is 0.160 e. The number of hydrogen-bond acceptors (Lipinski definition) is 3. The van der Waals surface area contributed by atoms with Gasteiger partial charge in [0.05, 0.1) is 0 Å². The molecule has 0 bridgehead atoms. The van der Waals surface area contributed by atoms with Crippen molar-refractivity contribution in [3.05, 3.63) is 24.2 Å². The summed E-state index contributed by atoms with van der Waals surface area (Å²) in [6, 6.07) is 4.49. The third kappa shape index (κ3) is 2.47. The van der Waals surface area contributed by atoms with Crippen molar-refractivity contribution in [1.29, 1.82) is 0 Å². The van der Waals surface area contributed by atoms with Crippen LogP contribution in [0.4, 0.5) is 0 Å². The van der Waals surface area contributed by atoms with Crippen molar-refractivity contribution >= 4 is 22.8 Å². The van der Waals surface area contributed by atoms with Gasteiger partial charge in [0.1, 0.15) is 11.3 Å². The molecule has 3 heterocycles. The molecular formula is C14H19ClN4. The van der Waals surface area contributed by atoms with Crippen LogP contribution in [0.1, 0.15) is 24.7 Å². The van der Waals surface area contributed by atoms with Gasteiger partial charge in [0, 0.05) is 24.5 Å². The van der Waals surface area contributed by atoms with Gasteiger partial charge in [-0.15, -0.1) is 11.6 Å². The second-order valence-corrected chi connectivity index (χ2v) is 5.60. The third-order valence-electron chi connectivity index (χ3n) is 3.89. The fraction of sp³-hybridized carbons (Fsp3) is 0.571. The summed E-state index contributed by atoms with van der Waals surface area (Å²) < 4.78 is 2.32. The van der Waals surface area contributed by atoms with E-state index in [1.54, 1.807) is 0 Å². The highest BCUT2D eigenvalue weighted by Crippen LogP contribution is 2.27. The van der Waals surface area contributed by atoms with E-state index in [1.807, 2.05) is 18.3 Å². The highest BCUT2D eigenvalue weighted by Gasteiger charge is 2.23. The van der Waals surface area contributed by atoms with Gasteiger partial charge in [-0.05, 0) is 45.1 Å². The average molecular weight is 279 g/mol. The van der Waals surface area contributed by atoms with Gasteiger partial charge in [-0.2, -0.15) is 0 Å². The standard InChI is InChI=1S/C14H19ClN4/c1-18-9-5-11(6-10-18)19-13(4-7-15)17-12-3-2-8-16-14(12)19/h2-3,8,11H,4-7,9-10H2,1H3. The summed E-state index contributed by atoms with van der Waals surface area (Å²) in [5, 5.41) is 0. The quantitative estimate of drug-likeness (QED) is 0.809. The summed E-state index contributed by atoms with van der Waals surface area (Å²) >= 11 is 5.92. The molecule has 1 saturated heterocycles. The molecule has 2 aromatic rings. The Morgan fingerprint density at radius 2 is 2.16 bits per heavy atom. The van der Waals surface area contributed by atoms with E-state index in [9.17, 15) is 0 Å². The maximum absolute atomic E-state index is 5.92. The molecule has 5 heteroatoms. The Labute approximate surface area is 118 Å². The number of aryl methyl sites for hydroxylation is 1. The second kappa shape index (κ2) is 5.47. The molecule has 0 saturated carbocycles. The van der Waals surface area contributed by atoms with Gasteiger partial charge >= 0.3 is 0 Å². The van der Waals surface area contributed by atoms with Crippen LogP contribution >= 0.6 is 11.6 Å². The van der Waals surface area contributed by atoms with Crippen LogP contribution in [-0.4, -0.2) is 45.5 Å². The molecule has 0 unspecified atom stereocenters. The second-order valence-electron chi connectivity index (χ2n) is 5.22. The minimum Gasteiger partial charge on any atom is -0.309 e. The zero-order valence-corrected chi connectivity index (χ0v) is 12.0. The number of alkyl halides is 1. The van der Waals surface area contributed by atoms with E-state index in [-0.39, 0.29) is 0 Å². The number of halogens is 1. The number of piperidine rings is 1. The first-order valence-corrected chi connectivity index (χ1v) is 7.39. The largest absolute Gasteiger partial charge is 0.309 e. The van der Waals surface area contributed by atoms with Crippen molar-refractivity contribution in [2.45, 2.75) is 25.3 Å². The van der Waals surface area contributed by atoms with Crippen LogP contribution in [0.5, 0.6) is 0 Å². The van der Waals surface area contributed by atoms with Crippen molar-refractivity contribution in [3.8, 4) is 0 Å². The Bertz CT molecular complexity index is 558. The number of hydrogen-bond donors (Lipinski definition) is 0. The summed E-state index contributed by atoms with van der Waals surface area (Å²) in [7, 11) is 2.18. The Morgan fingerprint density at radius 1 is 1.37 bits per heavy atom. The number of pyridine rings is 1. The maximum atomic E-state index is 5.92. The SMILES string of the molecule is CN1CCC(n2c(CCCl)nc3cccnc32)CC1. The summed E-state index contributed by atoms with van der Waals surface area (Å²) in [5.74, 6) is 1.69. The molecule has 0 amide bonds. The Morgan fingerprint density at radius 3 is 2.89 bits per heavy atom. The summed E-state index contributed by atoms with van der Waals surface area (Å²) in [5.41, 5.74) is 2.00. The van der Waals surface area contributed by atoms with Crippen molar-refractivity contribution in [3.63, 3.8) is 0 Å². The number of rotatable bonds is 3. The first kappa shape index (κ1) is 12.9. The Balaban J connectivity index is 2.02. The molecule has 1 aliphatic heterocycles. The molecule has 0 N–H and O–H groups in total. The first-order valence-electron chi connectivity index (χ1n) is 6.86. The van der Waals surface area contributed by atoms with Gasteiger partial charge in [0.25, 0.3) is 0 Å². The van der Waals surface area contributed by atoms with Crippen LogP contribution in [-0.2, 0) is 6.42 Å². The highest BCUT2D eigenvalue weighted by atomic mass is 35.5. The first-order chi connectivity index (χ1) is 9.29. The summed E-state index contributed by atoms with van der Waals surface area (Å²) in [4.78, 5) is 11.6. The van der Waals surface area contributed by atoms with E-state index in [1.165, 1.54) is 0 Å². The van der Waals surface area contributed by atoms with Gasteiger partial charge in [-0.1, -0.05) is 0 Å². The van der Waals surface area contributed by atoms with E-state index >= 15 is 0 Å². The molecule has 1 aliphatic rings. The number of likely N-dealkylation sites (tertiary alicyclic amines) is 1. The van der Waals surface area contributed by atoms with Crippen LogP contribution in [0, 0.1) is 0 Å². The van der Waals surface area contributed by atoms with E-state index in [4.69, 9.17) is 16.6 Å².